The van der Waals surface area contributed by atoms with Crippen LogP contribution in [0.4, 0.5) is 0 Å². The lowest BCUT2D eigenvalue weighted by molar-refractivity contribution is -0.142. The van der Waals surface area contributed by atoms with Gasteiger partial charge in [0, 0.05) is 19.6 Å². The molecule has 0 bridgehead atoms. The van der Waals surface area contributed by atoms with E-state index in [1.54, 1.807) is 0 Å². The molecule has 0 aromatic heterocycles. The maximum atomic E-state index is 11.0. The lowest BCUT2D eigenvalue weighted by Crippen LogP contribution is -2.41. The SMILES string of the molecule is CCC(O)(CC)CN1CC(C)C(C(=O)O)C1. The van der Waals surface area contributed by atoms with Gasteiger partial charge in [-0.05, 0) is 18.8 Å². The van der Waals surface area contributed by atoms with Crippen LogP contribution in [0.3, 0.4) is 0 Å². The molecule has 0 aliphatic carbocycles. The molecule has 0 aromatic rings. The minimum absolute atomic E-state index is 0.176. The molecule has 2 unspecified atom stereocenters. The van der Waals surface area contributed by atoms with Crippen LogP contribution < -0.4 is 0 Å². The first-order valence-corrected chi connectivity index (χ1v) is 6.09. The van der Waals surface area contributed by atoms with E-state index in [-0.39, 0.29) is 11.8 Å². The molecule has 0 aromatic carbocycles. The maximum absolute atomic E-state index is 11.0. The Morgan fingerprint density at radius 1 is 1.38 bits per heavy atom. The zero-order valence-corrected chi connectivity index (χ0v) is 10.4. The zero-order valence-electron chi connectivity index (χ0n) is 10.4. The van der Waals surface area contributed by atoms with Crippen LogP contribution in [0.5, 0.6) is 0 Å². The van der Waals surface area contributed by atoms with Crippen LogP contribution in [0.15, 0.2) is 0 Å². The normalized spacial score (nSPS) is 27.2. The third-order valence-electron chi connectivity index (χ3n) is 3.84. The summed E-state index contributed by atoms with van der Waals surface area (Å²) < 4.78 is 0. The number of rotatable bonds is 5. The molecule has 1 rings (SSSR count). The summed E-state index contributed by atoms with van der Waals surface area (Å²) in [6.45, 7) is 7.84. The molecular formula is C12H23NO3. The summed E-state index contributed by atoms with van der Waals surface area (Å²) in [5, 5.41) is 19.2. The van der Waals surface area contributed by atoms with Gasteiger partial charge in [0.25, 0.3) is 0 Å². The molecular weight excluding hydrogens is 206 g/mol. The number of likely N-dealkylation sites (tertiary alicyclic amines) is 1. The van der Waals surface area contributed by atoms with Gasteiger partial charge in [-0.3, -0.25) is 9.69 Å². The second-order valence-electron chi connectivity index (χ2n) is 5.05. The maximum Gasteiger partial charge on any atom is 0.308 e. The first-order valence-electron chi connectivity index (χ1n) is 6.09. The van der Waals surface area contributed by atoms with Crippen molar-refractivity contribution in [2.75, 3.05) is 19.6 Å². The van der Waals surface area contributed by atoms with Crippen LogP contribution in [0.25, 0.3) is 0 Å². The molecule has 1 heterocycles. The molecule has 0 spiro atoms. The summed E-state index contributed by atoms with van der Waals surface area (Å²) in [7, 11) is 0. The number of β-amino-alcohol motifs (C(OH)–C–C–N with tert-alkyl or cyclic N) is 1. The standard InChI is InChI=1S/C12H23NO3/c1-4-12(16,5-2)8-13-6-9(3)10(7-13)11(14)15/h9-10,16H,4-8H2,1-3H3,(H,14,15). The third kappa shape index (κ3) is 2.95. The summed E-state index contributed by atoms with van der Waals surface area (Å²) >= 11 is 0. The Morgan fingerprint density at radius 2 is 1.94 bits per heavy atom. The molecule has 1 saturated heterocycles. The third-order valence-corrected chi connectivity index (χ3v) is 3.84. The van der Waals surface area contributed by atoms with Gasteiger partial charge >= 0.3 is 5.97 Å². The number of hydrogen-bond donors (Lipinski definition) is 2. The van der Waals surface area contributed by atoms with Gasteiger partial charge in [-0.25, -0.2) is 0 Å². The fourth-order valence-corrected chi connectivity index (χ4v) is 2.41. The van der Waals surface area contributed by atoms with E-state index in [4.69, 9.17) is 5.11 Å². The highest BCUT2D eigenvalue weighted by Crippen LogP contribution is 2.26. The number of carbonyl (C=O) groups is 1. The van der Waals surface area contributed by atoms with E-state index in [9.17, 15) is 9.90 Å². The van der Waals surface area contributed by atoms with E-state index in [2.05, 4.69) is 4.90 Å². The Morgan fingerprint density at radius 3 is 2.31 bits per heavy atom. The van der Waals surface area contributed by atoms with Crippen molar-refractivity contribution in [1.29, 1.82) is 0 Å². The molecule has 4 nitrogen and oxygen atoms in total. The van der Waals surface area contributed by atoms with Crippen molar-refractivity contribution in [3.8, 4) is 0 Å². The van der Waals surface area contributed by atoms with Gasteiger partial charge < -0.3 is 10.2 Å². The number of nitrogens with zero attached hydrogens (tertiary/aromatic N) is 1. The fraction of sp³-hybridized carbons (Fsp3) is 0.917. The summed E-state index contributed by atoms with van der Waals surface area (Å²) in [6.07, 6.45) is 1.43. The van der Waals surface area contributed by atoms with E-state index in [1.165, 1.54) is 0 Å². The lowest BCUT2D eigenvalue weighted by atomic mass is 9.97. The van der Waals surface area contributed by atoms with Crippen LogP contribution in [-0.2, 0) is 4.79 Å². The second kappa shape index (κ2) is 5.15. The van der Waals surface area contributed by atoms with E-state index < -0.39 is 11.6 Å². The molecule has 1 aliphatic heterocycles. The lowest BCUT2D eigenvalue weighted by Gasteiger charge is -2.30. The van der Waals surface area contributed by atoms with Crippen molar-refractivity contribution in [3.63, 3.8) is 0 Å². The van der Waals surface area contributed by atoms with Crippen LogP contribution in [0.2, 0.25) is 0 Å². The highest BCUT2D eigenvalue weighted by molar-refractivity contribution is 5.71. The minimum atomic E-state index is -0.716. The predicted molar refractivity (Wildman–Crippen MR) is 62.3 cm³/mol. The Labute approximate surface area is 97.3 Å². The van der Waals surface area contributed by atoms with Gasteiger partial charge in [0.15, 0.2) is 0 Å². The van der Waals surface area contributed by atoms with Crippen molar-refractivity contribution in [2.24, 2.45) is 11.8 Å². The van der Waals surface area contributed by atoms with Crippen LogP contribution >= 0.6 is 0 Å². The highest BCUT2D eigenvalue weighted by Gasteiger charge is 2.37. The van der Waals surface area contributed by atoms with E-state index in [0.29, 0.717) is 25.9 Å². The molecule has 1 aliphatic rings. The smallest absolute Gasteiger partial charge is 0.308 e. The van der Waals surface area contributed by atoms with Gasteiger partial charge in [0.2, 0.25) is 0 Å². The molecule has 0 radical (unpaired) electrons. The topological polar surface area (TPSA) is 60.8 Å². The number of aliphatic carboxylic acids is 1. The summed E-state index contributed by atoms with van der Waals surface area (Å²) in [5.41, 5.74) is -0.660. The van der Waals surface area contributed by atoms with Gasteiger partial charge in [0.05, 0.1) is 11.5 Å². The predicted octanol–water partition coefficient (Wildman–Crippen LogP) is 1.19. The quantitative estimate of drug-likeness (QED) is 0.743. The number of carboxylic acids is 1. The van der Waals surface area contributed by atoms with E-state index in [0.717, 1.165) is 6.54 Å². The van der Waals surface area contributed by atoms with Crippen LogP contribution in [0.1, 0.15) is 33.6 Å². The molecule has 0 amide bonds. The molecule has 2 atom stereocenters. The van der Waals surface area contributed by atoms with Crippen LogP contribution in [0, 0.1) is 11.8 Å². The Kier molecular flexibility index (Phi) is 4.33. The summed E-state index contributed by atoms with van der Waals surface area (Å²) in [6, 6.07) is 0. The number of hydrogen-bond acceptors (Lipinski definition) is 3. The first-order chi connectivity index (χ1) is 7.41. The molecule has 2 N–H and O–H groups in total. The largest absolute Gasteiger partial charge is 0.481 e. The monoisotopic (exact) mass is 229 g/mol. The number of aliphatic hydroxyl groups is 1. The van der Waals surface area contributed by atoms with Crippen molar-refractivity contribution in [1.82, 2.24) is 4.90 Å². The summed E-state index contributed by atoms with van der Waals surface area (Å²) in [5.74, 6) is -0.819. The Balaban J connectivity index is 2.56. The van der Waals surface area contributed by atoms with Crippen molar-refractivity contribution < 1.29 is 15.0 Å². The van der Waals surface area contributed by atoms with Crippen molar-refractivity contribution >= 4 is 5.97 Å². The van der Waals surface area contributed by atoms with Gasteiger partial charge in [0.1, 0.15) is 0 Å². The average molecular weight is 229 g/mol. The van der Waals surface area contributed by atoms with Gasteiger partial charge in [-0.1, -0.05) is 20.8 Å². The van der Waals surface area contributed by atoms with Crippen molar-refractivity contribution in [2.45, 2.75) is 39.2 Å². The molecule has 94 valence electrons. The zero-order chi connectivity index (χ0) is 12.3. The number of carboxylic acid groups (broad SMARTS) is 1. The van der Waals surface area contributed by atoms with Crippen molar-refractivity contribution in [3.05, 3.63) is 0 Å². The minimum Gasteiger partial charge on any atom is -0.481 e. The molecule has 0 saturated carbocycles. The van der Waals surface area contributed by atoms with E-state index in [1.807, 2.05) is 20.8 Å². The Hall–Kier alpha value is -0.610. The molecule has 16 heavy (non-hydrogen) atoms. The molecule has 4 heteroatoms. The summed E-state index contributed by atoms with van der Waals surface area (Å²) in [4.78, 5) is 13.1. The first kappa shape index (κ1) is 13.5. The van der Waals surface area contributed by atoms with Gasteiger partial charge in [-0.2, -0.15) is 0 Å². The van der Waals surface area contributed by atoms with Crippen LogP contribution in [-0.4, -0.2) is 46.3 Å². The fourth-order valence-electron chi connectivity index (χ4n) is 2.41. The highest BCUT2D eigenvalue weighted by atomic mass is 16.4. The Bertz CT molecular complexity index is 251. The van der Waals surface area contributed by atoms with Gasteiger partial charge in [-0.15, -0.1) is 0 Å². The molecule has 1 fully saturated rings. The van der Waals surface area contributed by atoms with E-state index >= 15 is 0 Å². The average Bonchev–Trinajstić information content (AvgIpc) is 2.59. The second-order valence-corrected chi connectivity index (χ2v) is 5.05.